The van der Waals surface area contributed by atoms with Crippen LogP contribution in [0.5, 0.6) is 5.75 Å². The molecule has 3 aromatic rings. The number of benzene rings is 2. The summed E-state index contributed by atoms with van der Waals surface area (Å²) in [6.07, 6.45) is 1.10. The summed E-state index contributed by atoms with van der Waals surface area (Å²) in [6, 6.07) is 13.5. The maximum absolute atomic E-state index is 12.4. The number of thiazole rings is 1. The molecule has 0 spiro atoms. The normalized spacial score (nSPS) is 12.6. The second-order valence-corrected chi connectivity index (χ2v) is 7.74. The first-order valence-corrected chi connectivity index (χ1v) is 10.2. The summed E-state index contributed by atoms with van der Waals surface area (Å²) in [5.74, 6) is 0.670. The number of nitrogens with zero attached hydrogens (tertiary/aromatic N) is 2. The lowest BCUT2D eigenvalue weighted by Gasteiger charge is -2.14. The second kappa shape index (κ2) is 8.05. The molecule has 0 aliphatic carbocycles. The van der Waals surface area contributed by atoms with E-state index in [9.17, 15) is 9.59 Å². The van der Waals surface area contributed by atoms with Crippen molar-refractivity contribution in [1.82, 2.24) is 4.98 Å². The van der Waals surface area contributed by atoms with E-state index in [1.54, 1.807) is 18.9 Å². The van der Waals surface area contributed by atoms with Crippen LogP contribution in [0, 0.1) is 0 Å². The summed E-state index contributed by atoms with van der Waals surface area (Å²) >= 11 is 1.40. The van der Waals surface area contributed by atoms with Gasteiger partial charge < -0.3 is 15.0 Å². The highest BCUT2D eigenvalue weighted by Gasteiger charge is 2.22. The fourth-order valence-electron chi connectivity index (χ4n) is 3.48. The molecule has 2 amide bonds. The highest BCUT2D eigenvalue weighted by molar-refractivity contribution is 7.14. The molecule has 148 valence electrons. The van der Waals surface area contributed by atoms with Crippen LogP contribution in [-0.2, 0) is 22.4 Å². The third kappa shape index (κ3) is 4.14. The number of amides is 2. The van der Waals surface area contributed by atoms with Gasteiger partial charge in [-0.05, 0) is 41.8 Å². The summed E-state index contributed by atoms with van der Waals surface area (Å²) in [4.78, 5) is 30.4. The summed E-state index contributed by atoms with van der Waals surface area (Å²) in [6.45, 7) is 2.31. The van der Waals surface area contributed by atoms with Gasteiger partial charge in [-0.2, -0.15) is 0 Å². The number of aromatic nitrogens is 1. The Morgan fingerprint density at radius 3 is 2.90 bits per heavy atom. The Balaban J connectivity index is 1.45. The predicted molar refractivity (Wildman–Crippen MR) is 115 cm³/mol. The first-order chi connectivity index (χ1) is 14.0. The highest BCUT2D eigenvalue weighted by atomic mass is 32.1. The first-order valence-electron chi connectivity index (χ1n) is 9.33. The Labute approximate surface area is 173 Å². The zero-order valence-corrected chi connectivity index (χ0v) is 17.1. The minimum atomic E-state index is -0.120. The predicted octanol–water partition coefficient (Wildman–Crippen LogP) is 3.91. The Hall–Kier alpha value is -3.19. The van der Waals surface area contributed by atoms with Crippen LogP contribution in [0.15, 0.2) is 47.8 Å². The van der Waals surface area contributed by atoms with Crippen molar-refractivity contribution in [1.29, 1.82) is 0 Å². The van der Waals surface area contributed by atoms with Gasteiger partial charge in [-0.3, -0.25) is 9.59 Å². The number of nitrogens with one attached hydrogen (secondary N) is 1. The molecule has 0 bridgehead atoms. The minimum Gasteiger partial charge on any atom is -0.497 e. The summed E-state index contributed by atoms with van der Waals surface area (Å²) in [5, 5.41) is 5.37. The molecule has 0 atom stereocenters. The van der Waals surface area contributed by atoms with Crippen molar-refractivity contribution in [3.63, 3.8) is 0 Å². The monoisotopic (exact) mass is 407 g/mol. The van der Waals surface area contributed by atoms with Gasteiger partial charge in [0, 0.05) is 30.1 Å². The van der Waals surface area contributed by atoms with E-state index in [0.717, 1.165) is 46.8 Å². The number of fused-ring (bicyclic) bond motifs is 1. The molecular formula is C22H21N3O3S. The Morgan fingerprint density at radius 1 is 1.24 bits per heavy atom. The van der Waals surface area contributed by atoms with Gasteiger partial charge in [-0.1, -0.05) is 18.2 Å². The second-order valence-electron chi connectivity index (χ2n) is 6.88. The maximum Gasteiger partial charge on any atom is 0.230 e. The summed E-state index contributed by atoms with van der Waals surface area (Å²) in [7, 11) is 1.60. The highest BCUT2D eigenvalue weighted by Crippen LogP contribution is 2.33. The van der Waals surface area contributed by atoms with Crippen LogP contribution in [0.25, 0.3) is 11.3 Å². The van der Waals surface area contributed by atoms with Gasteiger partial charge in [0.1, 0.15) is 5.75 Å². The van der Waals surface area contributed by atoms with Gasteiger partial charge in [-0.25, -0.2) is 4.98 Å². The zero-order valence-electron chi connectivity index (χ0n) is 16.3. The van der Waals surface area contributed by atoms with Crippen LogP contribution in [0.4, 0.5) is 10.8 Å². The lowest BCUT2D eigenvalue weighted by molar-refractivity contribution is -0.117. The smallest absolute Gasteiger partial charge is 0.230 e. The third-order valence-electron chi connectivity index (χ3n) is 4.90. The van der Waals surface area contributed by atoms with E-state index >= 15 is 0 Å². The molecule has 0 saturated heterocycles. The van der Waals surface area contributed by atoms with Gasteiger partial charge in [0.2, 0.25) is 11.8 Å². The summed E-state index contributed by atoms with van der Waals surface area (Å²) in [5.41, 5.74) is 4.80. The van der Waals surface area contributed by atoms with Crippen molar-refractivity contribution >= 4 is 34.0 Å². The number of hydrogen-bond donors (Lipinski definition) is 1. The van der Waals surface area contributed by atoms with Crippen molar-refractivity contribution in [2.24, 2.45) is 0 Å². The minimum absolute atomic E-state index is 0.0613. The number of rotatable bonds is 5. The van der Waals surface area contributed by atoms with Gasteiger partial charge in [0.25, 0.3) is 0 Å². The largest absolute Gasteiger partial charge is 0.497 e. The molecule has 2 heterocycles. The number of ether oxygens (including phenoxy) is 1. The average molecular weight is 407 g/mol. The molecule has 0 unspecified atom stereocenters. The van der Waals surface area contributed by atoms with Crippen LogP contribution in [0.3, 0.4) is 0 Å². The van der Waals surface area contributed by atoms with Gasteiger partial charge in [-0.15, -0.1) is 11.3 Å². The molecule has 1 aromatic heterocycles. The standard InChI is InChI=1S/C22H21N3O3S/c1-14(26)25-9-8-17-12-16(6-7-20(17)25)19-13-29-22(23-19)24-21(27)11-15-4-3-5-18(10-15)28-2/h3-7,10,12-13H,8-9,11H2,1-2H3,(H,23,24,27). The Bertz CT molecular complexity index is 1080. The molecule has 1 aliphatic rings. The summed E-state index contributed by atoms with van der Waals surface area (Å²) < 4.78 is 5.19. The molecule has 7 heteroatoms. The van der Waals surface area contributed by atoms with Crippen molar-refractivity contribution in [3.8, 4) is 17.0 Å². The molecule has 2 aromatic carbocycles. The lowest BCUT2D eigenvalue weighted by Crippen LogP contribution is -2.25. The van der Waals surface area contributed by atoms with Crippen molar-refractivity contribution < 1.29 is 14.3 Å². The van der Waals surface area contributed by atoms with E-state index in [1.807, 2.05) is 41.8 Å². The van der Waals surface area contributed by atoms with Crippen molar-refractivity contribution in [3.05, 3.63) is 59.0 Å². The van der Waals surface area contributed by atoms with Crippen molar-refractivity contribution in [2.75, 3.05) is 23.9 Å². The van der Waals surface area contributed by atoms with Gasteiger partial charge in [0.05, 0.1) is 19.2 Å². The topological polar surface area (TPSA) is 71.5 Å². The zero-order chi connectivity index (χ0) is 20.4. The fraction of sp³-hybridized carbons (Fsp3) is 0.227. The molecule has 29 heavy (non-hydrogen) atoms. The van der Waals surface area contributed by atoms with E-state index in [-0.39, 0.29) is 18.2 Å². The molecule has 0 saturated carbocycles. The van der Waals surface area contributed by atoms with E-state index in [1.165, 1.54) is 11.3 Å². The van der Waals surface area contributed by atoms with Crippen LogP contribution in [-0.4, -0.2) is 30.5 Å². The SMILES string of the molecule is COc1cccc(CC(=O)Nc2nc(-c3ccc4c(c3)CCN4C(C)=O)cs2)c1. The van der Waals surface area contributed by atoms with Gasteiger partial charge >= 0.3 is 0 Å². The number of carbonyl (C=O) groups is 2. The maximum atomic E-state index is 12.4. The van der Waals surface area contributed by atoms with Crippen LogP contribution in [0.2, 0.25) is 0 Å². The van der Waals surface area contributed by atoms with E-state index in [2.05, 4.69) is 16.4 Å². The molecular weight excluding hydrogens is 386 g/mol. The quantitative estimate of drug-likeness (QED) is 0.696. The lowest BCUT2D eigenvalue weighted by atomic mass is 10.1. The Morgan fingerprint density at radius 2 is 2.10 bits per heavy atom. The molecule has 0 radical (unpaired) electrons. The van der Waals surface area contributed by atoms with E-state index in [4.69, 9.17) is 4.74 Å². The number of hydrogen-bond acceptors (Lipinski definition) is 5. The van der Waals surface area contributed by atoms with E-state index in [0.29, 0.717) is 5.13 Å². The molecule has 6 nitrogen and oxygen atoms in total. The molecule has 0 fully saturated rings. The number of anilines is 2. The first kappa shape index (κ1) is 19.1. The van der Waals surface area contributed by atoms with Crippen LogP contribution >= 0.6 is 11.3 Å². The van der Waals surface area contributed by atoms with Crippen LogP contribution in [0.1, 0.15) is 18.1 Å². The number of methoxy groups -OCH3 is 1. The third-order valence-corrected chi connectivity index (χ3v) is 5.66. The molecule has 1 N–H and O–H groups in total. The molecule has 1 aliphatic heterocycles. The average Bonchev–Trinajstić information content (AvgIpc) is 3.34. The number of carbonyl (C=O) groups excluding carboxylic acids is 2. The van der Waals surface area contributed by atoms with Crippen molar-refractivity contribution in [2.45, 2.75) is 19.8 Å². The van der Waals surface area contributed by atoms with Crippen LogP contribution < -0.4 is 15.0 Å². The fourth-order valence-corrected chi connectivity index (χ4v) is 4.22. The van der Waals surface area contributed by atoms with Gasteiger partial charge in [0.15, 0.2) is 5.13 Å². The Kier molecular flexibility index (Phi) is 5.31. The molecule has 4 rings (SSSR count). The van der Waals surface area contributed by atoms with E-state index < -0.39 is 0 Å².